The number of rotatable bonds is 18. The van der Waals surface area contributed by atoms with E-state index in [0.29, 0.717) is 0 Å². The molecule has 2 saturated carbocycles. The number of carbonyl (C=O) groups is 8. The molecule has 11 atom stereocenters. The Hall–Kier alpha value is -5.85. The van der Waals surface area contributed by atoms with Crippen LogP contribution in [0.25, 0.3) is 0 Å². The zero-order chi connectivity index (χ0) is 55.5. The summed E-state index contributed by atoms with van der Waals surface area (Å²) in [7, 11) is -4.55. The average Bonchev–Trinajstić information content (AvgIpc) is 3.52. The van der Waals surface area contributed by atoms with E-state index in [-0.39, 0.29) is 83.4 Å². The van der Waals surface area contributed by atoms with Crippen molar-refractivity contribution in [2.45, 2.75) is 128 Å². The van der Waals surface area contributed by atoms with Crippen molar-refractivity contribution in [3.8, 4) is 0 Å². The summed E-state index contributed by atoms with van der Waals surface area (Å²) < 4.78 is 69.7. The summed E-state index contributed by atoms with van der Waals surface area (Å²) >= 11 is 0. The molecule has 4 aliphatic rings. The maximum atomic E-state index is 15.7. The molecule has 3 fully saturated rings. The number of fused-ring (bicyclic) bond motifs is 5. The van der Waals surface area contributed by atoms with Gasteiger partial charge in [0.05, 0.1) is 46.1 Å². The molecule has 21 nitrogen and oxygen atoms in total. The van der Waals surface area contributed by atoms with E-state index in [2.05, 4.69) is 10.6 Å². The Kier molecular flexibility index (Phi) is 18.8. The van der Waals surface area contributed by atoms with Gasteiger partial charge >= 0.3 is 59.4 Å². The van der Waals surface area contributed by atoms with Crippen LogP contribution in [0.3, 0.4) is 0 Å². The Morgan fingerprint density at radius 1 is 0.844 bits per heavy atom. The molecule has 1 heterocycles. The van der Waals surface area contributed by atoms with E-state index in [0.717, 1.165) is 13.8 Å². The summed E-state index contributed by atoms with van der Waals surface area (Å²) in [4.78, 5) is 112. The summed E-state index contributed by atoms with van der Waals surface area (Å²) in [6.07, 6.45) is -12.8. The van der Waals surface area contributed by atoms with Gasteiger partial charge in [0.25, 0.3) is 5.91 Å². The number of carbonyl (C=O) groups excluding carboxylic acids is 8. The van der Waals surface area contributed by atoms with E-state index in [9.17, 15) is 52.0 Å². The van der Waals surface area contributed by atoms with Crippen LogP contribution in [0.15, 0.2) is 102 Å². The fourth-order valence-electron chi connectivity index (χ4n) is 11.3. The number of hydrogen-bond acceptors (Lipinski definition) is 19. The van der Waals surface area contributed by atoms with Crippen molar-refractivity contribution >= 4 is 57.6 Å². The van der Waals surface area contributed by atoms with Crippen LogP contribution in [0.5, 0.6) is 0 Å². The zero-order valence-electron chi connectivity index (χ0n) is 43.7. The monoisotopic (exact) mass is 1100 g/mol. The first-order chi connectivity index (χ1) is 35.7. The smallest absolute Gasteiger partial charge is 0.748 e. The summed E-state index contributed by atoms with van der Waals surface area (Å²) in [6.45, 7) is 7.37. The number of aliphatic hydroxyl groups excluding tert-OH is 1. The van der Waals surface area contributed by atoms with E-state index in [1.807, 2.05) is 0 Å². The van der Waals surface area contributed by atoms with Gasteiger partial charge in [-0.05, 0) is 61.2 Å². The number of aliphatic hydroxyl groups is 2. The minimum atomic E-state index is -4.55. The Bertz CT molecular complexity index is 2890. The van der Waals surface area contributed by atoms with Crippen molar-refractivity contribution in [2.75, 3.05) is 18.9 Å². The maximum absolute atomic E-state index is 15.7. The summed E-state index contributed by atoms with van der Waals surface area (Å²) in [5, 5.41) is 31.3. The van der Waals surface area contributed by atoms with Crippen molar-refractivity contribution in [3.05, 3.63) is 119 Å². The molecule has 1 aliphatic heterocycles. The number of esters is 5. The molecule has 4 N–H and O–H groups in total. The molecule has 0 radical (unpaired) electrons. The Labute approximate surface area is 467 Å². The van der Waals surface area contributed by atoms with Gasteiger partial charge in [0, 0.05) is 56.4 Å². The molecule has 3 aromatic carbocycles. The number of ether oxygens (including phenoxy) is 6. The molecule has 7 rings (SSSR count). The third-order valence-electron chi connectivity index (χ3n) is 15.2. The standard InChI is InChI=1S/C54H62N2O19S.Na/c1-30-36(72-50(65)44(73-40(61)24-23-39(60)55-25-16-26-76(67,68)69)42(33-17-10-7-11-18-33)56-48(63)34-19-12-8-13-20-34)28-54(66)47(74-49(64)35-21-14-9-15-22-35)45-52(6,37(59)27-38-53(45,29-70-38)75-32(3)58)46(62)43(71-31(2)57)41(30)51(54,4)5;/h7-15,17-22,36-38,42-45,47,59,66H,16,23-29H2,1-6H3,(H,55,60)(H,56,63)(H,67,68,69);/q;+1/p-1/t36-,37-,38+,42-,43+,44+,45-,47-,52+,53-,54+;/m0./s1. The van der Waals surface area contributed by atoms with Gasteiger partial charge in [-0.15, -0.1) is 0 Å². The molecule has 2 bridgehead atoms. The van der Waals surface area contributed by atoms with Gasteiger partial charge in [0.1, 0.15) is 30.0 Å². The minimum Gasteiger partial charge on any atom is -0.748 e. The third kappa shape index (κ3) is 12.4. The van der Waals surface area contributed by atoms with Gasteiger partial charge in [0.15, 0.2) is 17.5 Å². The van der Waals surface area contributed by atoms with Crippen LogP contribution in [0.4, 0.5) is 0 Å². The molecule has 0 aromatic heterocycles. The molecule has 0 spiro atoms. The van der Waals surface area contributed by atoms with Crippen LogP contribution in [0, 0.1) is 16.7 Å². The molecule has 1 saturated heterocycles. The first kappa shape index (κ1) is 60.4. The maximum Gasteiger partial charge on any atom is 1.00 e. The molecular weight excluding hydrogens is 1040 g/mol. The number of Topliss-reactive ketones (excluding diaryl/α,β-unsaturated/α-hetero) is 1. The first-order valence-corrected chi connectivity index (χ1v) is 26.2. The molecule has 408 valence electrons. The largest absolute Gasteiger partial charge is 1.00 e. The second kappa shape index (κ2) is 24.0. The van der Waals surface area contributed by atoms with Gasteiger partial charge in [0.2, 0.25) is 12.0 Å². The number of nitrogens with one attached hydrogen (secondary N) is 2. The Balaban J connectivity index is 0.00000961. The summed E-state index contributed by atoms with van der Waals surface area (Å²) in [5.41, 5.74) is -8.03. The van der Waals surface area contributed by atoms with Gasteiger partial charge in [-0.25, -0.2) is 18.0 Å². The van der Waals surface area contributed by atoms with Crippen molar-refractivity contribution in [3.63, 3.8) is 0 Å². The van der Waals surface area contributed by atoms with Gasteiger partial charge in [-0.3, -0.25) is 28.8 Å². The minimum absolute atomic E-state index is 0. The molecule has 23 heteroatoms. The summed E-state index contributed by atoms with van der Waals surface area (Å²) in [6, 6.07) is 21.8. The second-order valence-electron chi connectivity index (χ2n) is 20.3. The van der Waals surface area contributed by atoms with Gasteiger partial charge < -0.3 is 53.8 Å². The van der Waals surface area contributed by atoms with E-state index in [1.165, 1.54) is 64.1 Å². The van der Waals surface area contributed by atoms with Crippen molar-refractivity contribution in [1.82, 2.24) is 10.6 Å². The first-order valence-electron chi connectivity index (χ1n) is 24.7. The zero-order valence-corrected chi connectivity index (χ0v) is 46.5. The fraction of sp³-hybridized carbons (Fsp3) is 0.481. The normalized spacial score (nSPS) is 27.8. The number of benzene rings is 3. The van der Waals surface area contributed by atoms with Crippen molar-refractivity contribution < 1.29 is 120 Å². The Morgan fingerprint density at radius 2 is 1.44 bits per heavy atom. The molecule has 2 amide bonds. The predicted molar refractivity (Wildman–Crippen MR) is 263 cm³/mol. The van der Waals surface area contributed by atoms with Gasteiger partial charge in [-0.1, -0.05) is 80.6 Å². The summed E-state index contributed by atoms with van der Waals surface area (Å²) in [5.74, 6) is -10.1. The van der Waals surface area contributed by atoms with Crippen LogP contribution in [-0.4, -0.2) is 137 Å². The van der Waals surface area contributed by atoms with Crippen LogP contribution < -0.4 is 40.2 Å². The third-order valence-corrected chi connectivity index (χ3v) is 16.0. The van der Waals surface area contributed by atoms with Gasteiger partial charge in [-0.2, -0.15) is 0 Å². The Morgan fingerprint density at radius 3 is 2.00 bits per heavy atom. The van der Waals surface area contributed by atoms with Crippen LogP contribution in [0.2, 0.25) is 0 Å². The molecule has 3 aromatic rings. The average molecular weight is 1100 g/mol. The predicted octanol–water partition coefficient (Wildman–Crippen LogP) is 0.122. The van der Waals surface area contributed by atoms with Crippen molar-refractivity contribution in [1.29, 1.82) is 0 Å². The molecule has 3 aliphatic carbocycles. The molecule has 77 heavy (non-hydrogen) atoms. The van der Waals surface area contributed by atoms with E-state index < -0.39 is 153 Å². The topological polar surface area (TPSA) is 314 Å². The van der Waals surface area contributed by atoms with E-state index in [1.54, 1.807) is 54.6 Å². The van der Waals surface area contributed by atoms with Crippen LogP contribution in [0.1, 0.15) is 106 Å². The van der Waals surface area contributed by atoms with Crippen LogP contribution in [-0.2, 0) is 67.3 Å². The van der Waals surface area contributed by atoms with E-state index in [4.69, 9.17) is 28.4 Å². The number of ketones is 1. The molecule has 0 unspecified atom stereocenters. The van der Waals surface area contributed by atoms with Crippen LogP contribution >= 0.6 is 0 Å². The number of amides is 2. The second-order valence-corrected chi connectivity index (χ2v) is 21.8. The SMILES string of the molecule is CC(=O)O[C@H]1C(=O)[C@@]2(C)[C@H]([C@H](OC(=O)c3ccccc3)[C@]3(O)C[C@H](OC(=O)[C@H](OC(=O)CCC(=O)NCCCS(=O)(=O)[O-])[C@@H](NC(=O)c4ccccc4)c4ccccc4)C(C)=C1C3(C)C)[C@]1(OC(C)=O)CO[C@@H]1C[C@@H]2O.[Na+]. The van der Waals surface area contributed by atoms with Crippen molar-refractivity contribution in [2.24, 2.45) is 16.7 Å². The molecular formula is C54H61N2NaO19S. The number of hydrogen-bond donors (Lipinski definition) is 4. The quantitative estimate of drug-likeness (QED) is 0.0328. The van der Waals surface area contributed by atoms with E-state index >= 15 is 9.59 Å². The fourth-order valence-corrected chi connectivity index (χ4v) is 11.8.